The number of hydrogen-bond acceptors (Lipinski definition) is 3. The first-order valence-electron chi connectivity index (χ1n) is 8.33. The van der Waals surface area contributed by atoms with Gasteiger partial charge in [-0.15, -0.1) is 12.4 Å². The lowest BCUT2D eigenvalue weighted by Gasteiger charge is -2.39. The number of nitrogens with zero attached hydrogens (tertiary/aromatic N) is 2. The Balaban J connectivity index is 0.00000225. The van der Waals surface area contributed by atoms with Gasteiger partial charge in [-0.25, -0.2) is 4.39 Å². The molecule has 1 atom stereocenters. The lowest BCUT2D eigenvalue weighted by molar-refractivity contribution is -0.137. The Morgan fingerprint density at radius 2 is 1.88 bits per heavy atom. The second-order valence-corrected chi connectivity index (χ2v) is 7.07. The number of carbonyl (C=O) groups excluding carboxylic acids is 2. The van der Waals surface area contributed by atoms with Crippen LogP contribution in [0.4, 0.5) is 4.39 Å². The van der Waals surface area contributed by atoms with Crippen LogP contribution in [-0.4, -0.2) is 60.4 Å². The van der Waals surface area contributed by atoms with Crippen LogP contribution in [0.1, 0.15) is 29.6 Å². The van der Waals surface area contributed by atoms with Crippen molar-refractivity contribution in [3.05, 3.63) is 34.1 Å². The van der Waals surface area contributed by atoms with Crippen molar-refractivity contribution in [3.8, 4) is 0 Å². The predicted molar refractivity (Wildman–Crippen MR) is 99.5 cm³/mol. The summed E-state index contributed by atoms with van der Waals surface area (Å²) in [5, 5.41) is 3.22. The molecule has 0 spiro atoms. The number of carbonyl (C=O) groups is 2. The molecule has 2 aliphatic rings. The normalized spacial score (nSPS) is 20.8. The third-order valence-electron chi connectivity index (χ3n) is 4.64. The number of hydrogen-bond donors (Lipinski definition) is 1. The molecule has 1 N–H and O–H groups in total. The van der Waals surface area contributed by atoms with E-state index in [2.05, 4.69) is 21.2 Å². The van der Waals surface area contributed by atoms with Crippen molar-refractivity contribution in [2.45, 2.75) is 25.3 Å². The SMILES string of the molecule is Cl.O=C(C1CCCCN1C(=O)c1ccc(Br)c(F)c1)N1CCNCC1. The molecule has 1 aromatic rings. The Kier molecular flexibility index (Phi) is 7.22. The van der Waals surface area contributed by atoms with Crippen molar-refractivity contribution in [2.75, 3.05) is 32.7 Å². The van der Waals surface area contributed by atoms with E-state index in [4.69, 9.17) is 0 Å². The zero-order chi connectivity index (χ0) is 17.1. The van der Waals surface area contributed by atoms with E-state index in [0.29, 0.717) is 30.5 Å². The highest BCUT2D eigenvalue weighted by molar-refractivity contribution is 9.10. The third-order valence-corrected chi connectivity index (χ3v) is 5.29. The molecule has 0 aromatic heterocycles. The zero-order valence-corrected chi connectivity index (χ0v) is 16.2. The quantitative estimate of drug-likeness (QED) is 0.778. The van der Waals surface area contributed by atoms with Crippen molar-refractivity contribution in [1.82, 2.24) is 15.1 Å². The van der Waals surface area contributed by atoms with Gasteiger partial charge >= 0.3 is 0 Å². The minimum Gasteiger partial charge on any atom is -0.338 e. The van der Waals surface area contributed by atoms with Crippen LogP contribution in [0.2, 0.25) is 0 Å². The van der Waals surface area contributed by atoms with Crippen molar-refractivity contribution in [1.29, 1.82) is 0 Å². The Labute approximate surface area is 161 Å². The molecule has 0 saturated carbocycles. The molecule has 3 rings (SSSR count). The van der Waals surface area contributed by atoms with Gasteiger partial charge < -0.3 is 15.1 Å². The topological polar surface area (TPSA) is 52.7 Å². The summed E-state index contributed by atoms with van der Waals surface area (Å²) in [7, 11) is 0. The van der Waals surface area contributed by atoms with Crippen molar-refractivity contribution in [2.24, 2.45) is 0 Å². The second-order valence-electron chi connectivity index (χ2n) is 6.21. The van der Waals surface area contributed by atoms with E-state index in [-0.39, 0.29) is 29.8 Å². The summed E-state index contributed by atoms with van der Waals surface area (Å²) in [4.78, 5) is 29.1. The van der Waals surface area contributed by atoms with E-state index >= 15 is 0 Å². The first-order valence-corrected chi connectivity index (χ1v) is 9.13. The molecule has 2 amide bonds. The molecule has 0 bridgehead atoms. The number of piperidine rings is 1. The fourth-order valence-electron chi connectivity index (χ4n) is 3.32. The highest BCUT2D eigenvalue weighted by Gasteiger charge is 2.35. The molecular formula is C17H22BrClFN3O2. The Bertz CT molecular complexity index is 640. The number of rotatable bonds is 2. The first-order chi connectivity index (χ1) is 11.6. The van der Waals surface area contributed by atoms with Crippen LogP contribution in [0.5, 0.6) is 0 Å². The van der Waals surface area contributed by atoms with E-state index in [1.165, 1.54) is 12.1 Å². The van der Waals surface area contributed by atoms with Crippen molar-refractivity contribution < 1.29 is 14.0 Å². The lowest BCUT2D eigenvalue weighted by Crippen LogP contribution is -2.56. The Morgan fingerprint density at radius 3 is 2.56 bits per heavy atom. The second kappa shape index (κ2) is 8.96. The lowest BCUT2D eigenvalue weighted by atomic mass is 9.99. The summed E-state index contributed by atoms with van der Waals surface area (Å²) >= 11 is 3.10. The standard InChI is InChI=1S/C17H21BrFN3O2.ClH/c18-13-5-4-12(11-14(13)19)16(23)22-8-2-1-3-15(22)17(24)21-9-6-20-7-10-21;/h4-5,11,15,20H,1-3,6-10H2;1H. The van der Waals surface area contributed by atoms with Gasteiger partial charge in [-0.2, -0.15) is 0 Å². The van der Waals surface area contributed by atoms with Gasteiger partial charge in [0.15, 0.2) is 0 Å². The first kappa shape index (κ1) is 20.1. The number of nitrogens with one attached hydrogen (secondary N) is 1. The highest BCUT2D eigenvalue weighted by atomic mass is 79.9. The average Bonchev–Trinajstić information content (AvgIpc) is 2.63. The molecular weight excluding hydrogens is 413 g/mol. The van der Waals surface area contributed by atoms with Crippen molar-refractivity contribution >= 4 is 40.2 Å². The van der Waals surface area contributed by atoms with Crippen LogP contribution in [0, 0.1) is 5.82 Å². The number of likely N-dealkylation sites (tertiary alicyclic amines) is 1. The zero-order valence-electron chi connectivity index (χ0n) is 13.8. The summed E-state index contributed by atoms with van der Waals surface area (Å²) in [5.41, 5.74) is 0.288. The molecule has 2 heterocycles. The molecule has 2 fully saturated rings. The molecule has 0 radical (unpaired) electrons. The molecule has 5 nitrogen and oxygen atoms in total. The monoisotopic (exact) mass is 433 g/mol. The third kappa shape index (κ3) is 4.51. The fraction of sp³-hybridized carbons (Fsp3) is 0.529. The smallest absolute Gasteiger partial charge is 0.254 e. The summed E-state index contributed by atoms with van der Waals surface area (Å²) < 4.78 is 14.1. The largest absolute Gasteiger partial charge is 0.338 e. The summed E-state index contributed by atoms with van der Waals surface area (Å²) in [5.74, 6) is -0.723. The summed E-state index contributed by atoms with van der Waals surface area (Å²) in [6.07, 6.45) is 2.48. The predicted octanol–water partition coefficient (Wildman–Crippen LogP) is 2.44. The number of piperazine rings is 1. The van der Waals surface area contributed by atoms with Crippen molar-refractivity contribution in [3.63, 3.8) is 0 Å². The minimum atomic E-state index is -0.470. The Hall–Kier alpha value is -1.18. The van der Waals surface area contributed by atoms with E-state index in [0.717, 1.165) is 25.9 Å². The number of benzene rings is 1. The van der Waals surface area contributed by atoms with Crippen LogP contribution < -0.4 is 5.32 Å². The van der Waals surface area contributed by atoms with Gasteiger partial charge in [-0.1, -0.05) is 0 Å². The molecule has 2 aliphatic heterocycles. The molecule has 2 saturated heterocycles. The summed E-state index contributed by atoms with van der Waals surface area (Å²) in [6.45, 7) is 3.45. The van der Waals surface area contributed by atoms with Gasteiger partial charge in [0.1, 0.15) is 11.9 Å². The van der Waals surface area contributed by atoms with E-state index in [1.54, 1.807) is 11.0 Å². The van der Waals surface area contributed by atoms with Crippen LogP contribution in [0.25, 0.3) is 0 Å². The maximum Gasteiger partial charge on any atom is 0.254 e. The molecule has 138 valence electrons. The maximum atomic E-state index is 13.8. The Morgan fingerprint density at radius 1 is 1.16 bits per heavy atom. The average molecular weight is 435 g/mol. The minimum absolute atomic E-state index is 0. The number of amides is 2. The molecule has 8 heteroatoms. The fourth-order valence-corrected chi connectivity index (χ4v) is 3.57. The maximum absolute atomic E-state index is 13.8. The van der Waals surface area contributed by atoms with Gasteiger partial charge in [0, 0.05) is 38.3 Å². The van der Waals surface area contributed by atoms with Gasteiger partial charge in [0.2, 0.25) is 5.91 Å². The van der Waals surface area contributed by atoms with Gasteiger partial charge in [-0.05, 0) is 53.4 Å². The molecule has 1 aromatic carbocycles. The van der Waals surface area contributed by atoms with E-state index in [9.17, 15) is 14.0 Å². The van der Waals surface area contributed by atoms with Gasteiger partial charge in [-0.3, -0.25) is 9.59 Å². The molecule has 25 heavy (non-hydrogen) atoms. The van der Waals surface area contributed by atoms with Crippen LogP contribution in [-0.2, 0) is 4.79 Å². The van der Waals surface area contributed by atoms with Crippen LogP contribution in [0.15, 0.2) is 22.7 Å². The molecule has 1 unspecified atom stereocenters. The van der Waals surface area contributed by atoms with Gasteiger partial charge in [0.25, 0.3) is 5.91 Å². The number of halogens is 3. The molecule has 0 aliphatic carbocycles. The highest BCUT2D eigenvalue weighted by Crippen LogP contribution is 2.23. The summed E-state index contributed by atoms with van der Waals surface area (Å²) in [6, 6.07) is 3.92. The van der Waals surface area contributed by atoms with Crippen LogP contribution in [0.3, 0.4) is 0 Å². The van der Waals surface area contributed by atoms with Gasteiger partial charge in [0.05, 0.1) is 4.47 Å². The van der Waals surface area contributed by atoms with E-state index in [1.807, 2.05) is 4.90 Å². The van der Waals surface area contributed by atoms with Crippen LogP contribution >= 0.6 is 28.3 Å². The van der Waals surface area contributed by atoms with E-state index < -0.39 is 11.9 Å².